The molecule has 114 valence electrons. The van der Waals surface area contributed by atoms with E-state index in [0.29, 0.717) is 21.8 Å². The zero-order chi connectivity index (χ0) is 15.7. The van der Waals surface area contributed by atoms with E-state index in [1.54, 1.807) is 12.1 Å². The molecule has 3 rings (SSSR count). The van der Waals surface area contributed by atoms with Gasteiger partial charge in [0.05, 0.1) is 17.4 Å². The summed E-state index contributed by atoms with van der Waals surface area (Å²) in [4.78, 5) is 6.69. The van der Waals surface area contributed by atoms with E-state index >= 15 is 0 Å². The van der Waals surface area contributed by atoms with Gasteiger partial charge in [-0.05, 0) is 24.3 Å². The van der Waals surface area contributed by atoms with Gasteiger partial charge in [0, 0.05) is 17.2 Å². The van der Waals surface area contributed by atoms with E-state index in [9.17, 15) is 13.2 Å². The molecular formula is C14H8ClF3N2O2. The van der Waals surface area contributed by atoms with Crippen LogP contribution in [-0.4, -0.2) is 16.3 Å². The van der Waals surface area contributed by atoms with Crippen molar-refractivity contribution in [3.05, 3.63) is 47.7 Å². The molecule has 2 aromatic carbocycles. The molecule has 3 aromatic rings. The van der Waals surface area contributed by atoms with Gasteiger partial charge in [-0.3, -0.25) is 0 Å². The van der Waals surface area contributed by atoms with Crippen LogP contribution in [0, 0.1) is 0 Å². The van der Waals surface area contributed by atoms with E-state index in [2.05, 4.69) is 14.7 Å². The highest BCUT2D eigenvalue weighted by atomic mass is 35.5. The summed E-state index contributed by atoms with van der Waals surface area (Å²) in [5.41, 5.74) is 0.862. The Kier molecular flexibility index (Phi) is 3.58. The van der Waals surface area contributed by atoms with Crippen molar-refractivity contribution in [1.29, 1.82) is 0 Å². The van der Waals surface area contributed by atoms with E-state index < -0.39 is 12.1 Å². The smallest absolute Gasteiger partial charge is 0.453 e. The third-order valence-electron chi connectivity index (χ3n) is 2.75. The van der Waals surface area contributed by atoms with Gasteiger partial charge >= 0.3 is 6.36 Å². The van der Waals surface area contributed by atoms with Crippen molar-refractivity contribution in [3.63, 3.8) is 0 Å². The fraction of sp³-hybridized carbons (Fsp3) is 0.0714. The van der Waals surface area contributed by atoms with Crippen molar-refractivity contribution in [3.8, 4) is 17.2 Å². The van der Waals surface area contributed by atoms with Gasteiger partial charge in [-0.1, -0.05) is 11.6 Å². The lowest BCUT2D eigenvalue weighted by molar-refractivity contribution is -0.275. The molecular weight excluding hydrogens is 321 g/mol. The molecule has 0 aliphatic carbocycles. The molecule has 0 aliphatic heterocycles. The molecule has 0 bridgehead atoms. The number of nitrogens with zero attached hydrogens (tertiary/aromatic N) is 1. The molecule has 0 saturated carbocycles. The first-order chi connectivity index (χ1) is 10.4. The van der Waals surface area contributed by atoms with Crippen LogP contribution in [-0.2, 0) is 0 Å². The lowest BCUT2D eigenvalue weighted by Gasteiger charge is -2.14. The molecule has 0 amide bonds. The van der Waals surface area contributed by atoms with Crippen molar-refractivity contribution >= 4 is 22.6 Å². The average Bonchev–Trinajstić information content (AvgIpc) is 2.87. The number of fused-ring (bicyclic) bond motifs is 1. The Morgan fingerprint density at radius 3 is 2.45 bits per heavy atom. The number of hydrogen-bond acceptors (Lipinski definition) is 3. The van der Waals surface area contributed by atoms with Crippen LogP contribution in [0.15, 0.2) is 42.7 Å². The summed E-state index contributed by atoms with van der Waals surface area (Å²) in [5, 5.41) is 0.489. The molecule has 0 saturated heterocycles. The first kappa shape index (κ1) is 14.5. The van der Waals surface area contributed by atoms with Gasteiger partial charge in [0.1, 0.15) is 5.75 Å². The van der Waals surface area contributed by atoms with Crippen LogP contribution in [0.1, 0.15) is 0 Å². The van der Waals surface area contributed by atoms with E-state index in [-0.39, 0.29) is 5.75 Å². The molecule has 22 heavy (non-hydrogen) atoms. The fourth-order valence-corrected chi connectivity index (χ4v) is 1.98. The van der Waals surface area contributed by atoms with Gasteiger partial charge in [0.25, 0.3) is 0 Å². The molecule has 1 aromatic heterocycles. The van der Waals surface area contributed by atoms with Crippen molar-refractivity contribution < 1.29 is 22.6 Å². The Balaban J connectivity index is 2.01. The number of nitrogens with one attached hydrogen (secondary N) is 1. The number of rotatable bonds is 3. The summed E-state index contributed by atoms with van der Waals surface area (Å²) in [6, 6.07) is 8.75. The van der Waals surface area contributed by atoms with Crippen LogP contribution in [0.25, 0.3) is 11.0 Å². The maximum absolute atomic E-state index is 12.5. The number of alkyl halides is 3. The Labute approximate surface area is 127 Å². The zero-order valence-corrected chi connectivity index (χ0v) is 11.6. The largest absolute Gasteiger partial charge is 0.573 e. The van der Waals surface area contributed by atoms with Crippen LogP contribution < -0.4 is 9.47 Å². The lowest BCUT2D eigenvalue weighted by Crippen LogP contribution is -2.17. The number of ether oxygens (including phenoxy) is 2. The lowest BCUT2D eigenvalue weighted by atomic mass is 10.2. The number of aromatic amines is 1. The average molecular weight is 329 g/mol. The SMILES string of the molecule is FC(F)(F)Oc1cc2nc[nH]c2cc1Oc1ccc(Cl)cc1. The third-order valence-corrected chi connectivity index (χ3v) is 3.00. The molecule has 1 heterocycles. The highest BCUT2D eigenvalue weighted by Crippen LogP contribution is 2.37. The summed E-state index contributed by atoms with van der Waals surface area (Å²) in [6.07, 6.45) is -3.46. The van der Waals surface area contributed by atoms with Crippen molar-refractivity contribution in [1.82, 2.24) is 9.97 Å². The number of H-pyrrole nitrogens is 1. The van der Waals surface area contributed by atoms with Crippen molar-refractivity contribution in [2.24, 2.45) is 0 Å². The van der Waals surface area contributed by atoms with E-state index in [1.165, 1.54) is 24.5 Å². The molecule has 0 atom stereocenters. The Hall–Kier alpha value is -2.41. The summed E-state index contributed by atoms with van der Waals surface area (Å²) < 4.78 is 47.0. The van der Waals surface area contributed by atoms with E-state index in [1.807, 2.05) is 0 Å². The van der Waals surface area contributed by atoms with Gasteiger partial charge in [-0.25, -0.2) is 4.98 Å². The normalized spacial score (nSPS) is 11.6. The van der Waals surface area contributed by atoms with Crippen molar-refractivity contribution in [2.75, 3.05) is 0 Å². The number of hydrogen-bond donors (Lipinski definition) is 1. The topological polar surface area (TPSA) is 47.1 Å². The molecule has 4 nitrogen and oxygen atoms in total. The monoisotopic (exact) mass is 328 g/mol. The summed E-state index contributed by atoms with van der Waals surface area (Å²) >= 11 is 5.75. The first-order valence-corrected chi connectivity index (χ1v) is 6.45. The van der Waals surface area contributed by atoms with Gasteiger partial charge in [0.2, 0.25) is 0 Å². The molecule has 0 unspecified atom stereocenters. The first-order valence-electron chi connectivity index (χ1n) is 6.07. The van der Waals surface area contributed by atoms with Crippen LogP contribution in [0.4, 0.5) is 13.2 Å². The van der Waals surface area contributed by atoms with Gasteiger partial charge in [0.15, 0.2) is 11.5 Å². The van der Waals surface area contributed by atoms with Crippen LogP contribution >= 0.6 is 11.6 Å². The molecule has 0 fully saturated rings. The second kappa shape index (κ2) is 5.42. The fourth-order valence-electron chi connectivity index (χ4n) is 1.86. The minimum absolute atomic E-state index is 0.0867. The molecule has 0 radical (unpaired) electrons. The maximum Gasteiger partial charge on any atom is 0.573 e. The highest BCUT2D eigenvalue weighted by Gasteiger charge is 2.33. The summed E-state index contributed by atoms with van der Waals surface area (Å²) in [7, 11) is 0. The molecule has 1 N–H and O–H groups in total. The number of benzene rings is 2. The number of halogens is 4. The van der Waals surface area contributed by atoms with Crippen LogP contribution in [0.5, 0.6) is 17.2 Å². The Morgan fingerprint density at radius 1 is 1.05 bits per heavy atom. The molecule has 0 spiro atoms. The van der Waals surface area contributed by atoms with Gasteiger partial charge in [-0.15, -0.1) is 13.2 Å². The zero-order valence-electron chi connectivity index (χ0n) is 10.8. The number of imidazole rings is 1. The Bertz CT molecular complexity index is 800. The van der Waals surface area contributed by atoms with Crippen molar-refractivity contribution in [2.45, 2.75) is 6.36 Å². The summed E-state index contributed by atoms with van der Waals surface area (Å²) in [6.45, 7) is 0. The predicted molar refractivity (Wildman–Crippen MR) is 74.3 cm³/mol. The Morgan fingerprint density at radius 2 is 1.77 bits per heavy atom. The second-order valence-corrected chi connectivity index (χ2v) is 4.76. The molecule has 8 heteroatoms. The minimum Gasteiger partial charge on any atom is -0.453 e. The highest BCUT2D eigenvalue weighted by molar-refractivity contribution is 6.30. The van der Waals surface area contributed by atoms with E-state index in [0.717, 1.165) is 6.07 Å². The summed E-state index contributed by atoms with van der Waals surface area (Å²) in [5.74, 6) is -0.228. The molecule has 0 aliphatic rings. The van der Waals surface area contributed by atoms with E-state index in [4.69, 9.17) is 16.3 Å². The predicted octanol–water partition coefficient (Wildman–Crippen LogP) is 4.91. The van der Waals surface area contributed by atoms with Crippen LogP contribution in [0.3, 0.4) is 0 Å². The quantitative estimate of drug-likeness (QED) is 0.743. The standard InChI is InChI=1S/C14H8ClF3N2O2/c15-8-1-3-9(4-2-8)21-12-5-10-11(20-7-19-10)6-13(12)22-14(16,17)18/h1-7H,(H,19,20). The van der Waals surface area contributed by atoms with Gasteiger partial charge in [-0.2, -0.15) is 0 Å². The second-order valence-electron chi connectivity index (χ2n) is 4.32. The minimum atomic E-state index is -4.83. The third kappa shape index (κ3) is 3.25. The number of aromatic nitrogens is 2. The van der Waals surface area contributed by atoms with Crippen LogP contribution in [0.2, 0.25) is 5.02 Å². The maximum atomic E-state index is 12.5. The van der Waals surface area contributed by atoms with Gasteiger partial charge < -0.3 is 14.5 Å².